The summed E-state index contributed by atoms with van der Waals surface area (Å²) in [6.07, 6.45) is 5.32. The number of rotatable bonds is 12. The third-order valence-electron chi connectivity index (χ3n) is 8.29. The van der Waals surface area contributed by atoms with Crippen molar-refractivity contribution in [3.63, 3.8) is 0 Å². The Balaban J connectivity index is 1.23. The average Bonchev–Trinajstić information content (AvgIpc) is 3.09. The molecule has 0 saturated carbocycles. The molecule has 47 heavy (non-hydrogen) atoms. The van der Waals surface area contributed by atoms with Crippen LogP contribution in [0.25, 0.3) is 11.0 Å². The van der Waals surface area contributed by atoms with E-state index >= 15 is 0 Å². The number of nitrogens with zero attached hydrogens (tertiary/aromatic N) is 5. The lowest BCUT2D eigenvalue weighted by Crippen LogP contribution is -2.44. The normalized spacial score (nSPS) is 13.1. The molecule has 3 aromatic carbocycles. The molecule has 1 saturated heterocycles. The zero-order valence-electron chi connectivity index (χ0n) is 27.3. The van der Waals surface area contributed by atoms with Crippen molar-refractivity contribution >= 4 is 40.2 Å². The monoisotopic (exact) mass is 636 g/mol. The van der Waals surface area contributed by atoms with Crippen LogP contribution >= 0.6 is 0 Å². The van der Waals surface area contributed by atoms with Crippen molar-refractivity contribution in [2.24, 2.45) is 0 Å². The number of likely N-dealkylation sites (N-methyl/N-ethyl adjacent to an activating group) is 1. The quantitative estimate of drug-likeness (QED) is 0.170. The number of para-hydroxylation sites is 1. The second-order valence-corrected chi connectivity index (χ2v) is 11.6. The number of anilines is 2. The van der Waals surface area contributed by atoms with E-state index < -0.39 is 0 Å². The number of piperazine rings is 1. The van der Waals surface area contributed by atoms with E-state index in [1.54, 1.807) is 55.8 Å². The Kier molecular flexibility index (Phi) is 10.8. The fourth-order valence-electron chi connectivity index (χ4n) is 5.54. The summed E-state index contributed by atoms with van der Waals surface area (Å²) in [5.74, 6) is 2.44. The van der Waals surface area contributed by atoms with Gasteiger partial charge in [0.15, 0.2) is 0 Å². The van der Waals surface area contributed by atoms with Crippen LogP contribution in [0, 0.1) is 6.92 Å². The second kappa shape index (κ2) is 15.4. The maximum Gasteiger partial charge on any atom is 0.258 e. The van der Waals surface area contributed by atoms with Crippen LogP contribution in [0.3, 0.4) is 0 Å². The average molecular weight is 637 g/mol. The fourth-order valence-corrected chi connectivity index (χ4v) is 5.54. The van der Waals surface area contributed by atoms with Crippen LogP contribution in [0.4, 0.5) is 11.4 Å². The number of unbranched alkanes of at least 4 members (excludes halogenated alkanes) is 1. The highest BCUT2D eigenvalue weighted by Gasteiger charge is 2.21. The molecule has 2 heterocycles. The van der Waals surface area contributed by atoms with Crippen molar-refractivity contribution in [1.29, 1.82) is 0 Å². The topological polar surface area (TPSA) is 117 Å². The van der Waals surface area contributed by atoms with Gasteiger partial charge in [0.1, 0.15) is 23.0 Å². The van der Waals surface area contributed by atoms with E-state index in [9.17, 15) is 14.4 Å². The van der Waals surface area contributed by atoms with Gasteiger partial charge in [-0.3, -0.25) is 19.6 Å². The lowest BCUT2D eigenvalue weighted by molar-refractivity contribution is 0.0990. The van der Waals surface area contributed by atoms with Crippen LogP contribution in [0.5, 0.6) is 11.5 Å². The predicted molar refractivity (Wildman–Crippen MR) is 182 cm³/mol. The van der Waals surface area contributed by atoms with Gasteiger partial charge < -0.3 is 29.5 Å². The SMILES string of the molecule is COc1cc(C(=O)N(C)c2ccc(C)cc2OCCCCC(=C=O)N2CCN(C)CC2)ccc1NC(=O)c1cccc2nccnc12. The summed E-state index contributed by atoms with van der Waals surface area (Å²) in [6.45, 7) is 5.97. The van der Waals surface area contributed by atoms with Crippen LogP contribution in [0.15, 0.2) is 72.7 Å². The van der Waals surface area contributed by atoms with Gasteiger partial charge in [0, 0.05) is 51.2 Å². The number of hydrogen-bond acceptors (Lipinski definition) is 9. The second-order valence-electron chi connectivity index (χ2n) is 11.6. The van der Waals surface area contributed by atoms with Crippen molar-refractivity contribution in [2.75, 3.05) is 64.2 Å². The van der Waals surface area contributed by atoms with Gasteiger partial charge in [-0.25, -0.2) is 4.79 Å². The first kappa shape index (κ1) is 33.1. The smallest absolute Gasteiger partial charge is 0.258 e. The highest BCUT2D eigenvalue weighted by molar-refractivity contribution is 6.12. The highest BCUT2D eigenvalue weighted by Crippen LogP contribution is 2.32. The molecule has 0 unspecified atom stereocenters. The Labute approximate surface area is 274 Å². The summed E-state index contributed by atoms with van der Waals surface area (Å²) in [5.41, 5.74) is 4.62. The number of fused-ring (bicyclic) bond motifs is 1. The number of nitrogens with one attached hydrogen (secondary N) is 1. The summed E-state index contributed by atoms with van der Waals surface area (Å²) in [6, 6.07) is 15.8. The summed E-state index contributed by atoms with van der Waals surface area (Å²) in [7, 11) is 5.26. The van der Waals surface area contributed by atoms with Gasteiger partial charge in [-0.2, -0.15) is 0 Å². The first-order chi connectivity index (χ1) is 22.8. The fraction of sp³-hybridized carbons (Fsp3) is 0.333. The third kappa shape index (κ3) is 7.95. The minimum absolute atomic E-state index is 0.271. The van der Waals surface area contributed by atoms with Gasteiger partial charge in [-0.15, -0.1) is 0 Å². The molecule has 1 aliphatic rings. The molecule has 11 heteroatoms. The zero-order chi connectivity index (χ0) is 33.3. The largest absolute Gasteiger partial charge is 0.495 e. The molecule has 1 fully saturated rings. The molecule has 0 aliphatic carbocycles. The molecule has 0 bridgehead atoms. The molecule has 1 aromatic heterocycles. The summed E-state index contributed by atoms with van der Waals surface area (Å²) in [4.78, 5) is 53.0. The number of aromatic nitrogens is 2. The van der Waals surface area contributed by atoms with Crippen LogP contribution in [0.2, 0.25) is 0 Å². The van der Waals surface area contributed by atoms with Crippen LogP contribution in [-0.2, 0) is 4.79 Å². The minimum Gasteiger partial charge on any atom is -0.495 e. The first-order valence-corrected chi connectivity index (χ1v) is 15.7. The number of benzene rings is 3. The number of allylic oxidation sites excluding steroid dienone is 1. The molecule has 0 atom stereocenters. The van der Waals surface area contributed by atoms with Crippen molar-refractivity contribution in [1.82, 2.24) is 19.8 Å². The molecule has 244 valence electrons. The number of aryl methyl sites for hydroxylation is 1. The number of carbonyl (C=O) groups is 2. The van der Waals surface area contributed by atoms with E-state index in [-0.39, 0.29) is 11.8 Å². The van der Waals surface area contributed by atoms with Crippen molar-refractivity contribution < 1.29 is 23.9 Å². The molecule has 0 spiro atoms. The Bertz CT molecular complexity index is 1790. The van der Waals surface area contributed by atoms with E-state index in [0.717, 1.165) is 50.3 Å². The third-order valence-corrected chi connectivity index (χ3v) is 8.29. The standard InChI is InChI=1S/C36H40N6O5/c1-25-11-14-31(33(22-25)47-21-6-5-8-27(24-43)42-19-17-40(2)18-20-42)41(3)36(45)26-12-13-29(32(23-26)46-4)39-35(44)28-9-7-10-30-34(28)38-16-15-37-30/h7,9-16,22-23H,5-6,8,17-21H2,1-4H3,(H,39,44). The minimum atomic E-state index is -0.371. The van der Waals surface area contributed by atoms with Crippen molar-refractivity contribution in [3.05, 3.63) is 89.4 Å². The number of amides is 2. The molecule has 5 rings (SSSR count). The maximum absolute atomic E-state index is 13.7. The molecule has 1 aliphatic heterocycles. The molecular formula is C36H40N6O5. The number of methoxy groups -OCH3 is 1. The Morgan fingerprint density at radius 1 is 0.979 bits per heavy atom. The predicted octanol–water partition coefficient (Wildman–Crippen LogP) is 4.99. The highest BCUT2D eigenvalue weighted by atomic mass is 16.5. The van der Waals surface area contributed by atoms with Gasteiger partial charge in [0.2, 0.25) is 0 Å². The lowest BCUT2D eigenvalue weighted by atomic mass is 10.1. The summed E-state index contributed by atoms with van der Waals surface area (Å²) in [5, 5.41) is 2.87. The Morgan fingerprint density at radius 2 is 1.77 bits per heavy atom. The van der Waals surface area contributed by atoms with Crippen molar-refractivity contribution in [2.45, 2.75) is 26.2 Å². The molecule has 11 nitrogen and oxygen atoms in total. The van der Waals surface area contributed by atoms with Crippen molar-refractivity contribution in [3.8, 4) is 11.5 Å². The van der Waals surface area contributed by atoms with Gasteiger partial charge in [-0.05, 0) is 81.3 Å². The van der Waals surface area contributed by atoms with E-state index in [1.807, 2.05) is 25.1 Å². The lowest BCUT2D eigenvalue weighted by Gasteiger charge is -2.34. The molecule has 4 aromatic rings. The zero-order valence-corrected chi connectivity index (χ0v) is 27.3. The molecule has 2 amide bonds. The molecule has 0 radical (unpaired) electrons. The Morgan fingerprint density at radius 3 is 2.53 bits per heavy atom. The van der Waals surface area contributed by atoms with Crippen LogP contribution < -0.4 is 19.7 Å². The van der Waals surface area contributed by atoms with E-state index in [1.165, 1.54) is 12.0 Å². The van der Waals surface area contributed by atoms with Crippen LogP contribution in [0.1, 0.15) is 45.5 Å². The number of ether oxygens (including phenoxy) is 2. The van der Waals surface area contributed by atoms with Gasteiger partial charge in [-0.1, -0.05) is 12.1 Å². The van der Waals surface area contributed by atoms with E-state index in [2.05, 4.69) is 38.1 Å². The molecular weight excluding hydrogens is 596 g/mol. The number of carbonyl (C=O) groups excluding carboxylic acids is 3. The van der Waals surface area contributed by atoms with E-state index in [0.29, 0.717) is 58.1 Å². The van der Waals surface area contributed by atoms with Crippen LogP contribution in [-0.4, -0.2) is 91.5 Å². The summed E-state index contributed by atoms with van der Waals surface area (Å²) >= 11 is 0. The molecule has 1 N–H and O–H groups in total. The van der Waals surface area contributed by atoms with E-state index in [4.69, 9.17) is 9.47 Å². The van der Waals surface area contributed by atoms with Gasteiger partial charge >= 0.3 is 0 Å². The summed E-state index contributed by atoms with van der Waals surface area (Å²) < 4.78 is 11.7. The Hall–Kier alpha value is -5.25. The maximum atomic E-state index is 13.7. The number of hydrogen-bond donors (Lipinski definition) is 1. The first-order valence-electron chi connectivity index (χ1n) is 15.7. The van der Waals surface area contributed by atoms with Gasteiger partial charge in [0.25, 0.3) is 11.8 Å². The van der Waals surface area contributed by atoms with Gasteiger partial charge in [0.05, 0.1) is 41.9 Å².